The molecular formula is C28H44IN. The first kappa shape index (κ1) is 27.2. The Labute approximate surface area is 203 Å². The van der Waals surface area contributed by atoms with Crippen molar-refractivity contribution in [3.05, 3.63) is 60.7 Å². The van der Waals surface area contributed by atoms with Crippen LogP contribution in [0.4, 0.5) is 11.4 Å². The van der Waals surface area contributed by atoms with Gasteiger partial charge >= 0.3 is 0 Å². The molecule has 1 nitrogen and oxygen atoms in total. The van der Waals surface area contributed by atoms with Gasteiger partial charge in [0.15, 0.2) is 0 Å². The summed E-state index contributed by atoms with van der Waals surface area (Å²) in [5.41, 5.74) is 2.92. The van der Waals surface area contributed by atoms with Crippen molar-refractivity contribution in [1.82, 2.24) is 4.48 Å². The molecule has 0 N–H and O–H groups in total. The fraction of sp³-hybridized carbons (Fsp3) is 0.571. The van der Waals surface area contributed by atoms with Gasteiger partial charge in [-0.3, -0.25) is 4.48 Å². The second kappa shape index (κ2) is 16.8. The minimum Gasteiger partial charge on any atom is -1.00 e. The fourth-order valence-corrected chi connectivity index (χ4v) is 4.53. The second-order valence-corrected chi connectivity index (χ2v) is 8.62. The van der Waals surface area contributed by atoms with Gasteiger partial charge in [-0.25, -0.2) is 0 Å². The van der Waals surface area contributed by atoms with E-state index in [1.54, 1.807) is 0 Å². The Hall–Kier alpha value is -0.870. The summed E-state index contributed by atoms with van der Waals surface area (Å²) in [7, 11) is 0. The van der Waals surface area contributed by atoms with Crippen LogP contribution in [0.5, 0.6) is 0 Å². The van der Waals surface area contributed by atoms with Gasteiger partial charge in [0.1, 0.15) is 11.4 Å². The molecule has 0 aliphatic rings. The van der Waals surface area contributed by atoms with E-state index in [0.717, 1.165) is 4.48 Å². The zero-order chi connectivity index (χ0) is 20.6. The van der Waals surface area contributed by atoms with Crippen molar-refractivity contribution in [1.29, 1.82) is 0 Å². The number of nitrogens with zero attached hydrogens (tertiary/aromatic N) is 1. The maximum atomic E-state index is 2.35. The summed E-state index contributed by atoms with van der Waals surface area (Å²) < 4.78 is 1.02. The molecule has 0 spiro atoms. The Morgan fingerprint density at radius 3 is 1.17 bits per heavy atom. The number of quaternary nitrogens is 1. The van der Waals surface area contributed by atoms with Gasteiger partial charge in [0.2, 0.25) is 0 Å². The van der Waals surface area contributed by atoms with Crippen molar-refractivity contribution in [3.8, 4) is 0 Å². The lowest BCUT2D eigenvalue weighted by Gasteiger charge is -2.38. The molecule has 0 fully saturated rings. The zero-order valence-electron chi connectivity index (χ0n) is 19.5. The highest BCUT2D eigenvalue weighted by Crippen LogP contribution is 2.36. The van der Waals surface area contributed by atoms with Crippen LogP contribution >= 0.6 is 0 Å². The summed E-state index contributed by atoms with van der Waals surface area (Å²) in [6.45, 7) is 7.03. The van der Waals surface area contributed by atoms with Gasteiger partial charge in [-0.2, -0.15) is 0 Å². The highest BCUT2D eigenvalue weighted by molar-refractivity contribution is 5.58. The molecule has 2 aromatic rings. The number of hydrogen-bond donors (Lipinski definition) is 0. The maximum Gasteiger partial charge on any atom is 0.137 e. The van der Waals surface area contributed by atoms with Crippen LogP contribution in [0, 0.1) is 0 Å². The topological polar surface area (TPSA) is 0 Å². The van der Waals surface area contributed by atoms with E-state index >= 15 is 0 Å². The first-order chi connectivity index (χ1) is 14.3. The second-order valence-electron chi connectivity index (χ2n) is 8.62. The van der Waals surface area contributed by atoms with Crippen LogP contribution in [0.25, 0.3) is 0 Å². The van der Waals surface area contributed by atoms with Gasteiger partial charge in [0.05, 0.1) is 13.1 Å². The van der Waals surface area contributed by atoms with Gasteiger partial charge in [-0.15, -0.1) is 0 Å². The van der Waals surface area contributed by atoms with Gasteiger partial charge in [-0.1, -0.05) is 102 Å². The van der Waals surface area contributed by atoms with Crippen molar-refractivity contribution in [2.45, 2.75) is 90.9 Å². The van der Waals surface area contributed by atoms with E-state index < -0.39 is 0 Å². The molecule has 0 saturated heterocycles. The number of rotatable bonds is 16. The van der Waals surface area contributed by atoms with Crippen LogP contribution < -0.4 is 28.5 Å². The van der Waals surface area contributed by atoms with Crippen molar-refractivity contribution in [2.24, 2.45) is 0 Å². The van der Waals surface area contributed by atoms with E-state index in [1.165, 1.54) is 102 Å². The van der Waals surface area contributed by atoms with Crippen molar-refractivity contribution in [2.75, 3.05) is 13.1 Å². The smallest absolute Gasteiger partial charge is 0.137 e. The normalized spacial score (nSPS) is 11.3. The summed E-state index contributed by atoms with van der Waals surface area (Å²) in [5.74, 6) is 0. The van der Waals surface area contributed by atoms with Crippen LogP contribution in [-0.4, -0.2) is 13.1 Å². The molecule has 0 unspecified atom stereocenters. The number of hydrogen-bond acceptors (Lipinski definition) is 0. The summed E-state index contributed by atoms with van der Waals surface area (Å²) in [4.78, 5) is 0. The summed E-state index contributed by atoms with van der Waals surface area (Å²) in [6, 6.07) is 22.6. The van der Waals surface area contributed by atoms with Crippen molar-refractivity contribution >= 4 is 11.4 Å². The molecule has 0 saturated carbocycles. The molecule has 30 heavy (non-hydrogen) atoms. The third-order valence-corrected chi connectivity index (χ3v) is 6.29. The quantitative estimate of drug-likeness (QED) is 0.143. The van der Waals surface area contributed by atoms with Crippen molar-refractivity contribution < 1.29 is 24.0 Å². The summed E-state index contributed by atoms with van der Waals surface area (Å²) in [6.07, 6.45) is 16.3. The van der Waals surface area contributed by atoms with Crippen LogP contribution in [0.2, 0.25) is 0 Å². The standard InChI is InChI=1S/C28H44N.HI/c1-3-5-7-9-11-19-25-29(27-21-15-13-16-22-27,28-23-17-14-18-24-28)26-20-12-10-8-6-4-2;/h13-18,21-24H,3-12,19-20,25-26H2,1-2H3;1H/q+1;/p-1. The summed E-state index contributed by atoms with van der Waals surface area (Å²) in [5, 5.41) is 0. The highest BCUT2D eigenvalue weighted by Gasteiger charge is 2.32. The molecule has 168 valence electrons. The molecule has 0 heterocycles. The lowest BCUT2D eigenvalue weighted by Crippen LogP contribution is -3.00. The third-order valence-electron chi connectivity index (χ3n) is 6.29. The van der Waals surface area contributed by atoms with E-state index in [9.17, 15) is 0 Å². The van der Waals surface area contributed by atoms with Crippen LogP contribution in [0.1, 0.15) is 90.9 Å². The molecule has 2 rings (SSSR count). The Kier molecular flexibility index (Phi) is 15.2. The summed E-state index contributed by atoms with van der Waals surface area (Å²) >= 11 is 0. The fourth-order valence-electron chi connectivity index (χ4n) is 4.53. The predicted molar refractivity (Wildman–Crippen MR) is 131 cm³/mol. The van der Waals surface area contributed by atoms with E-state index in [0.29, 0.717) is 0 Å². The van der Waals surface area contributed by atoms with E-state index in [1.807, 2.05) is 0 Å². The average Bonchev–Trinajstić information content (AvgIpc) is 2.78. The Balaban J connectivity index is 0.00000450. The van der Waals surface area contributed by atoms with Crippen molar-refractivity contribution in [3.63, 3.8) is 0 Å². The average molecular weight is 522 g/mol. The molecule has 0 bridgehead atoms. The maximum absolute atomic E-state index is 2.35. The minimum atomic E-state index is 0. The largest absolute Gasteiger partial charge is 1.00 e. The zero-order valence-corrected chi connectivity index (χ0v) is 21.7. The molecular weight excluding hydrogens is 477 g/mol. The Morgan fingerprint density at radius 1 is 0.467 bits per heavy atom. The lowest BCUT2D eigenvalue weighted by molar-refractivity contribution is -0.00000614. The highest BCUT2D eigenvalue weighted by atomic mass is 127. The molecule has 0 amide bonds. The van der Waals surface area contributed by atoms with Gasteiger partial charge in [-0.05, 0) is 49.9 Å². The lowest BCUT2D eigenvalue weighted by atomic mass is 10.0. The molecule has 0 atom stereocenters. The van der Waals surface area contributed by atoms with Gasteiger partial charge < -0.3 is 24.0 Å². The molecule has 0 aromatic heterocycles. The van der Waals surface area contributed by atoms with Gasteiger partial charge in [0, 0.05) is 0 Å². The van der Waals surface area contributed by atoms with Crippen LogP contribution in [-0.2, 0) is 0 Å². The van der Waals surface area contributed by atoms with E-state index in [-0.39, 0.29) is 24.0 Å². The monoisotopic (exact) mass is 521 g/mol. The molecule has 0 radical (unpaired) electrons. The molecule has 0 aliphatic heterocycles. The number of halogens is 1. The molecule has 2 heteroatoms. The van der Waals surface area contributed by atoms with Crippen LogP contribution in [0.15, 0.2) is 60.7 Å². The molecule has 2 aromatic carbocycles. The Morgan fingerprint density at radius 2 is 0.800 bits per heavy atom. The van der Waals surface area contributed by atoms with E-state index in [4.69, 9.17) is 0 Å². The Bertz CT molecular complexity index is 568. The SMILES string of the molecule is CCCCCCCC[N+](CCCCCCCC)(c1ccccc1)c1ccccc1.[I-]. The predicted octanol–water partition coefficient (Wildman–Crippen LogP) is 6.05. The van der Waals surface area contributed by atoms with Gasteiger partial charge in [0.25, 0.3) is 0 Å². The first-order valence-electron chi connectivity index (χ1n) is 12.3. The van der Waals surface area contributed by atoms with E-state index in [2.05, 4.69) is 74.5 Å². The number of benzene rings is 2. The minimum absolute atomic E-state index is 0. The first-order valence-corrected chi connectivity index (χ1v) is 12.3. The number of para-hydroxylation sites is 2. The van der Waals surface area contributed by atoms with Crippen LogP contribution in [0.3, 0.4) is 0 Å². The number of unbranched alkanes of at least 4 members (excludes halogenated alkanes) is 10. The third kappa shape index (κ3) is 9.09. The molecule has 0 aliphatic carbocycles.